The van der Waals surface area contributed by atoms with Crippen LogP contribution in [0.25, 0.3) is 88.1 Å². The van der Waals surface area contributed by atoms with Crippen molar-refractivity contribution in [1.29, 1.82) is 0 Å². The quantitative estimate of drug-likeness (QED) is 0.175. The van der Waals surface area contributed by atoms with Gasteiger partial charge < -0.3 is 59.6 Å². The molecule has 2 aliphatic rings. The number of rotatable bonds is 4. The first-order valence-corrected chi connectivity index (χ1v) is 18.8. The van der Waals surface area contributed by atoms with Crippen LogP contribution in [0.3, 0.4) is 0 Å². The maximum Gasteiger partial charge on any atom is 0.225 e. The maximum absolute atomic E-state index is 5.37. The molecule has 266 valence electrons. The zero-order valence-corrected chi connectivity index (χ0v) is 34.4. The lowest BCUT2D eigenvalue weighted by Gasteiger charge is -2.01. The molecule has 0 fully saturated rings. The topological polar surface area (TPSA) is 72.9 Å². The smallest absolute Gasteiger partial charge is 0.225 e. The lowest BCUT2D eigenvalue weighted by Crippen LogP contribution is -3.00. The second kappa shape index (κ2) is 15.7. The summed E-state index contributed by atoms with van der Waals surface area (Å²) < 4.78 is 8.40. The first-order valence-electron chi connectivity index (χ1n) is 15.3. The van der Waals surface area contributed by atoms with Crippen molar-refractivity contribution in [3.63, 3.8) is 0 Å². The van der Waals surface area contributed by atoms with Gasteiger partial charge in [0.2, 0.25) is 22.0 Å². The molecule has 0 atom stereocenters. The Hall–Kier alpha value is -3.72. The average Bonchev–Trinajstić information content (AvgIpc) is 3.89. The highest BCUT2D eigenvalue weighted by Crippen LogP contribution is 2.39. The Balaban J connectivity index is 0.00000131. The van der Waals surface area contributed by atoms with E-state index in [1.54, 1.807) is 45.3 Å². The Labute approximate surface area is 340 Å². The van der Waals surface area contributed by atoms with Crippen molar-refractivity contribution in [3.8, 4) is 41.8 Å². The van der Waals surface area contributed by atoms with Crippen LogP contribution in [0.15, 0.2) is 71.1 Å². The number of hydrogen-bond donors (Lipinski definition) is 2. The van der Waals surface area contributed by atoms with Crippen molar-refractivity contribution in [2.24, 2.45) is 28.2 Å². The summed E-state index contributed by atoms with van der Waals surface area (Å²) in [5.74, 6) is 0. The molecule has 0 saturated heterocycles. The summed E-state index contributed by atoms with van der Waals surface area (Å²) in [6.07, 6.45) is 17.3. The Morgan fingerprint density at radius 3 is 0.827 bits per heavy atom. The van der Waals surface area contributed by atoms with E-state index in [2.05, 4.69) is 152 Å². The number of halogens is 4. The van der Waals surface area contributed by atoms with Crippen molar-refractivity contribution in [2.75, 3.05) is 0 Å². The second-order valence-electron chi connectivity index (χ2n) is 12.0. The minimum absolute atomic E-state index is 0. The van der Waals surface area contributed by atoms with Crippen LogP contribution in [0.5, 0.6) is 0 Å². The normalized spacial score (nSPS) is 11.5. The molecule has 8 bridgehead atoms. The van der Waals surface area contributed by atoms with Gasteiger partial charge in [-0.3, -0.25) is 0 Å². The van der Waals surface area contributed by atoms with Crippen molar-refractivity contribution < 1.29 is 67.9 Å². The molecule has 9 rings (SSSR count). The van der Waals surface area contributed by atoms with E-state index in [1.165, 1.54) is 0 Å². The lowest BCUT2D eigenvalue weighted by molar-refractivity contribution is -0.666. The lowest BCUT2D eigenvalue weighted by atomic mass is 10.1. The summed E-state index contributed by atoms with van der Waals surface area (Å²) in [6, 6.07) is 8.72. The van der Waals surface area contributed by atoms with Gasteiger partial charge in [-0.2, -0.15) is 18.3 Å². The Morgan fingerprint density at radius 1 is 0.404 bits per heavy atom. The van der Waals surface area contributed by atoms with Crippen LogP contribution in [0.4, 0.5) is 0 Å². The molecule has 0 spiro atoms. The predicted octanol–water partition coefficient (Wildman–Crippen LogP) is -5.12. The Bertz CT molecular complexity index is 2310. The van der Waals surface area contributed by atoms with Crippen molar-refractivity contribution in [1.82, 2.24) is 19.9 Å². The minimum atomic E-state index is 0. The summed E-state index contributed by atoms with van der Waals surface area (Å²) in [4.78, 5) is 22.9. The van der Waals surface area contributed by atoms with Crippen LogP contribution in [-0.2, 0) is 28.2 Å². The molecule has 8 nitrogen and oxygen atoms in total. The number of nitrogens with one attached hydrogen (secondary N) is 2. The van der Waals surface area contributed by atoms with E-state index in [1.807, 2.05) is 0 Å². The fraction of sp³-hybridized carbons (Fsp3) is 0.111. The van der Waals surface area contributed by atoms with Crippen LogP contribution in [0.1, 0.15) is 22.8 Å². The molecular formula is C36H30Cl4N8S4. The number of thiazole rings is 4. The van der Waals surface area contributed by atoms with Gasteiger partial charge in [0.05, 0.1) is 22.8 Å². The summed E-state index contributed by atoms with van der Waals surface area (Å²) in [7, 11) is 8.26. The molecule has 7 aromatic heterocycles. The number of aromatic nitrogens is 8. The molecule has 0 saturated carbocycles. The monoisotopic (exact) mass is 842 g/mol. The fourth-order valence-corrected chi connectivity index (χ4v) is 9.88. The fourth-order valence-electron chi connectivity index (χ4n) is 6.28. The third kappa shape index (κ3) is 7.02. The van der Waals surface area contributed by atoms with E-state index in [9.17, 15) is 0 Å². The molecular weight excluding hydrogens is 815 g/mol. The van der Waals surface area contributed by atoms with E-state index >= 15 is 0 Å². The van der Waals surface area contributed by atoms with Crippen LogP contribution < -0.4 is 67.9 Å². The van der Waals surface area contributed by atoms with Gasteiger partial charge in [0.25, 0.3) is 0 Å². The SMILES string of the molecule is C[n+]1csc(-c2c3nc(c(-c4c[n+](C)cs4)c4ccc([nH]4)c(-c4c[n+](C)cs4)c4nc(c(-c5c[n+](C)cs5)c5ccc2[nH]5)C=C4)C=C3)c1.[Cl-].[Cl-].[Cl-].[Cl-]. The third-order valence-corrected chi connectivity index (χ3v) is 12.4. The number of nitrogens with zero attached hydrogens (tertiary/aromatic N) is 6. The largest absolute Gasteiger partial charge is 1.00 e. The van der Waals surface area contributed by atoms with Crippen LogP contribution in [-0.4, -0.2) is 19.9 Å². The first-order chi connectivity index (χ1) is 23.4. The van der Waals surface area contributed by atoms with Crippen molar-refractivity contribution >= 4 is 91.7 Å². The van der Waals surface area contributed by atoms with E-state index < -0.39 is 0 Å². The third-order valence-electron chi connectivity index (χ3n) is 8.41. The van der Waals surface area contributed by atoms with Gasteiger partial charge in [0.15, 0.2) is 24.8 Å². The van der Waals surface area contributed by atoms with Gasteiger partial charge in [-0.25, -0.2) is 9.97 Å². The Kier molecular flexibility index (Phi) is 11.9. The van der Waals surface area contributed by atoms with E-state index in [0.717, 1.165) is 86.6 Å². The van der Waals surface area contributed by atoms with Crippen molar-refractivity contribution in [2.45, 2.75) is 0 Å². The zero-order valence-electron chi connectivity index (χ0n) is 28.1. The number of fused-ring (bicyclic) bond motifs is 8. The molecule has 0 aliphatic carbocycles. The summed E-state index contributed by atoms with van der Waals surface area (Å²) in [6.45, 7) is 0. The van der Waals surface area contributed by atoms with E-state index in [4.69, 9.17) is 9.97 Å². The Morgan fingerprint density at radius 2 is 0.635 bits per heavy atom. The van der Waals surface area contributed by atoms with Gasteiger partial charge in [-0.1, -0.05) is 45.3 Å². The number of H-pyrrole nitrogens is 2. The molecule has 52 heavy (non-hydrogen) atoms. The molecule has 2 N–H and O–H groups in total. The average molecular weight is 845 g/mol. The van der Waals surface area contributed by atoms with E-state index in [0.29, 0.717) is 0 Å². The van der Waals surface area contributed by atoms with Crippen LogP contribution in [0, 0.1) is 0 Å². The molecule has 9 heterocycles. The highest BCUT2D eigenvalue weighted by molar-refractivity contribution is 7.14. The zero-order chi connectivity index (χ0) is 32.5. The predicted molar refractivity (Wildman–Crippen MR) is 197 cm³/mol. The molecule has 0 amide bonds. The summed E-state index contributed by atoms with van der Waals surface area (Å²) >= 11 is 6.86. The maximum atomic E-state index is 5.37. The number of aromatic amines is 2. The molecule has 0 unspecified atom stereocenters. The summed E-state index contributed by atoms with van der Waals surface area (Å²) in [5, 5.41) is 0. The van der Waals surface area contributed by atoms with Crippen LogP contribution >= 0.6 is 45.3 Å². The van der Waals surface area contributed by atoms with Gasteiger partial charge in [0.1, 0.15) is 47.7 Å². The molecule has 2 aliphatic heterocycles. The summed E-state index contributed by atoms with van der Waals surface area (Å²) in [5.41, 5.74) is 20.5. The van der Waals surface area contributed by atoms with Gasteiger partial charge >= 0.3 is 0 Å². The molecule has 7 aromatic rings. The standard InChI is InChI=1S/C36H30N8S4.4ClH/c1-41-13-29(45-17-41)33-21-5-7-23(37-21)34(30-14-42(2)18-46-30)25-9-11-27(39-25)36(32-16-44(4)20-48-32)28-12-10-26(40-28)35(24-8-6-22(33)38-24)31-15-43(3)19-47-31;;;;/h5-20,37,40H,1-4H3;4*1H/q+4;;;;/p-4. The molecule has 0 aromatic carbocycles. The van der Waals surface area contributed by atoms with Gasteiger partial charge in [0, 0.05) is 44.3 Å². The highest BCUT2D eigenvalue weighted by atomic mass is 35.5. The molecule has 16 heteroatoms. The van der Waals surface area contributed by atoms with E-state index in [-0.39, 0.29) is 49.6 Å². The second-order valence-corrected chi connectivity index (χ2v) is 15.6. The number of aryl methyl sites for hydroxylation is 4. The minimum Gasteiger partial charge on any atom is -1.00 e. The van der Waals surface area contributed by atoms with Crippen molar-refractivity contribution in [3.05, 3.63) is 93.9 Å². The van der Waals surface area contributed by atoms with Gasteiger partial charge in [-0.15, -0.1) is 0 Å². The number of hydrogen-bond acceptors (Lipinski definition) is 6. The molecule has 0 radical (unpaired) electrons. The van der Waals surface area contributed by atoms with Gasteiger partial charge in [-0.05, 0) is 48.6 Å². The van der Waals surface area contributed by atoms with Crippen LogP contribution in [0.2, 0.25) is 0 Å². The highest BCUT2D eigenvalue weighted by Gasteiger charge is 2.23. The first kappa shape index (κ1) is 39.5.